The number of fused-ring (bicyclic) bond motifs is 2. The molecular formula is C22H26FN5O2. The van der Waals surface area contributed by atoms with Crippen molar-refractivity contribution in [2.24, 2.45) is 0 Å². The molecule has 0 radical (unpaired) electrons. The van der Waals surface area contributed by atoms with Crippen LogP contribution in [0.25, 0.3) is 5.65 Å². The monoisotopic (exact) mass is 411 g/mol. The molecule has 7 nitrogen and oxygen atoms in total. The van der Waals surface area contributed by atoms with Crippen molar-refractivity contribution >= 4 is 11.7 Å². The first-order valence-corrected chi connectivity index (χ1v) is 10.4. The summed E-state index contributed by atoms with van der Waals surface area (Å²) in [7, 11) is 0. The fourth-order valence-corrected chi connectivity index (χ4v) is 4.23. The van der Waals surface area contributed by atoms with Crippen molar-refractivity contribution in [3.8, 4) is 0 Å². The van der Waals surface area contributed by atoms with Crippen molar-refractivity contribution in [1.29, 1.82) is 0 Å². The van der Waals surface area contributed by atoms with Gasteiger partial charge in [-0.2, -0.15) is 4.39 Å². The number of carboxylic acid groups (broad SMARTS) is 1. The Morgan fingerprint density at radius 2 is 2.20 bits per heavy atom. The van der Waals surface area contributed by atoms with E-state index in [1.165, 1.54) is 16.0 Å². The number of carbonyl (C=O) groups is 1. The lowest BCUT2D eigenvalue weighted by Crippen LogP contribution is -2.33. The molecular weight excluding hydrogens is 385 g/mol. The second-order valence-corrected chi connectivity index (χ2v) is 7.67. The minimum atomic E-state index is -0.996. The minimum absolute atomic E-state index is 0.178. The van der Waals surface area contributed by atoms with E-state index in [1.807, 2.05) is 12.3 Å². The Hall–Kier alpha value is -3.00. The number of halogens is 1. The standard InChI is InChI=1S/C22H26FN5O2/c23-19-9-4-10-20-26-17(15-28(19)20)14-27(13-2-1-11-25-22(29)30)18-8-3-6-16-7-5-12-24-21(16)18/h4-5,7,9-10,12,15,18,25H,1-3,6,8,11,13-14H2,(H,29,30). The lowest BCUT2D eigenvalue weighted by Gasteiger charge is -2.34. The second-order valence-electron chi connectivity index (χ2n) is 7.67. The molecule has 0 spiro atoms. The van der Waals surface area contributed by atoms with Crippen molar-refractivity contribution in [3.05, 3.63) is 65.6 Å². The van der Waals surface area contributed by atoms with E-state index in [1.54, 1.807) is 18.3 Å². The smallest absolute Gasteiger partial charge is 0.404 e. The van der Waals surface area contributed by atoms with Gasteiger partial charge in [0.15, 0.2) is 5.95 Å². The highest BCUT2D eigenvalue weighted by molar-refractivity contribution is 5.64. The van der Waals surface area contributed by atoms with Gasteiger partial charge in [0.25, 0.3) is 0 Å². The van der Waals surface area contributed by atoms with Crippen LogP contribution < -0.4 is 5.32 Å². The highest BCUT2D eigenvalue weighted by atomic mass is 19.1. The quantitative estimate of drug-likeness (QED) is 0.435. The van der Waals surface area contributed by atoms with E-state index in [9.17, 15) is 9.18 Å². The zero-order valence-corrected chi connectivity index (χ0v) is 16.8. The Morgan fingerprint density at radius 1 is 1.30 bits per heavy atom. The van der Waals surface area contributed by atoms with Gasteiger partial charge in [-0.3, -0.25) is 14.3 Å². The van der Waals surface area contributed by atoms with E-state index in [-0.39, 0.29) is 12.0 Å². The van der Waals surface area contributed by atoms with E-state index in [2.05, 4.69) is 26.3 Å². The van der Waals surface area contributed by atoms with Gasteiger partial charge in [-0.1, -0.05) is 12.1 Å². The number of aromatic nitrogens is 3. The van der Waals surface area contributed by atoms with Crippen LogP contribution in [0.2, 0.25) is 0 Å². The number of pyridine rings is 2. The van der Waals surface area contributed by atoms with Gasteiger partial charge in [-0.15, -0.1) is 0 Å². The molecule has 1 aliphatic carbocycles. The maximum Gasteiger partial charge on any atom is 0.404 e. The molecule has 0 fully saturated rings. The highest BCUT2D eigenvalue weighted by Crippen LogP contribution is 2.33. The molecule has 4 rings (SSSR count). The molecule has 1 unspecified atom stereocenters. The molecule has 3 aromatic heterocycles. The maximum absolute atomic E-state index is 14.1. The van der Waals surface area contributed by atoms with Gasteiger partial charge in [0, 0.05) is 25.5 Å². The number of nitrogens with zero attached hydrogens (tertiary/aromatic N) is 4. The molecule has 1 atom stereocenters. The van der Waals surface area contributed by atoms with Crippen molar-refractivity contribution < 1.29 is 14.3 Å². The first-order chi connectivity index (χ1) is 14.6. The fourth-order valence-electron chi connectivity index (χ4n) is 4.23. The molecule has 158 valence electrons. The van der Waals surface area contributed by atoms with E-state index in [0.29, 0.717) is 18.7 Å². The Morgan fingerprint density at radius 3 is 3.03 bits per heavy atom. The van der Waals surface area contributed by atoms with Gasteiger partial charge < -0.3 is 10.4 Å². The summed E-state index contributed by atoms with van der Waals surface area (Å²) in [6, 6.07) is 9.18. The number of hydrogen-bond acceptors (Lipinski definition) is 4. The van der Waals surface area contributed by atoms with Crippen molar-refractivity contribution in [1.82, 2.24) is 24.6 Å². The van der Waals surface area contributed by atoms with Crippen LogP contribution in [0.15, 0.2) is 42.7 Å². The summed E-state index contributed by atoms with van der Waals surface area (Å²) in [4.78, 5) is 22.3. The number of hydrogen-bond donors (Lipinski definition) is 2. The van der Waals surface area contributed by atoms with E-state index in [4.69, 9.17) is 5.11 Å². The molecule has 0 saturated heterocycles. The molecule has 0 saturated carbocycles. The average Bonchev–Trinajstić information content (AvgIpc) is 3.16. The fraction of sp³-hybridized carbons (Fsp3) is 0.409. The topological polar surface area (TPSA) is 82.8 Å². The van der Waals surface area contributed by atoms with Crippen LogP contribution in [0.5, 0.6) is 0 Å². The van der Waals surface area contributed by atoms with E-state index in [0.717, 1.165) is 50.0 Å². The third-order valence-electron chi connectivity index (χ3n) is 5.61. The van der Waals surface area contributed by atoms with Crippen molar-refractivity contribution in [3.63, 3.8) is 0 Å². The van der Waals surface area contributed by atoms with E-state index >= 15 is 0 Å². The molecule has 2 N–H and O–H groups in total. The van der Waals surface area contributed by atoms with Crippen molar-refractivity contribution in [2.75, 3.05) is 13.1 Å². The van der Waals surface area contributed by atoms with Crippen molar-refractivity contribution in [2.45, 2.75) is 44.7 Å². The lowest BCUT2D eigenvalue weighted by molar-refractivity contribution is 0.160. The van der Waals surface area contributed by atoms with Gasteiger partial charge in [-0.05, 0) is 62.4 Å². The maximum atomic E-state index is 14.1. The second kappa shape index (κ2) is 9.21. The summed E-state index contributed by atoms with van der Waals surface area (Å²) in [6.45, 7) is 1.81. The molecule has 0 aliphatic heterocycles. The Bertz CT molecular complexity index is 1020. The average molecular weight is 411 g/mol. The number of unbranched alkanes of at least 4 members (excludes halogenated alkanes) is 1. The van der Waals surface area contributed by atoms with Crippen LogP contribution >= 0.6 is 0 Å². The first-order valence-electron chi connectivity index (χ1n) is 10.4. The van der Waals surface area contributed by atoms with Gasteiger partial charge in [0.05, 0.1) is 17.4 Å². The summed E-state index contributed by atoms with van der Waals surface area (Å²) < 4.78 is 15.6. The zero-order valence-electron chi connectivity index (χ0n) is 16.8. The van der Waals surface area contributed by atoms with Gasteiger partial charge in [-0.25, -0.2) is 9.78 Å². The Kier molecular flexibility index (Phi) is 6.23. The van der Waals surface area contributed by atoms with Crippen LogP contribution in [-0.4, -0.2) is 43.6 Å². The number of amides is 1. The first kappa shape index (κ1) is 20.3. The molecule has 3 heterocycles. The third kappa shape index (κ3) is 4.59. The number of imidazole rings is 1. The SMILES string of the molecule is O=C(O)NCCCCN(Cc1cn2c(F)cccc2n1)C1CCCc2cccnc21. The normalized spacial score (nSPS) is 16.0. The summed E-state index contributed by atoms with van der Waals surface area (Å²) in [5.74, 6) is -0.331. The van der Waals surface area contributed by atoms with Crippen LogP contribution in [-0.2, 0) is 13.0 Å². The summed E-state index contributed by atoms with van der Waals surface area (Å²) in [5.41, 5.74) is 3.80. The zero-order chi connectivity index (χ0) is 20.9. The molecule has 8 heteroatoms. The Labute approximate surface area is 174 Å². The van der Waals surface area contributed by atoms with Gasteiger partial charge in [0.2, 0.25) is 0 Å². The Balaban J connectivity index is 1.54. The van der Waals surface area contributed by atoms with Crippen LogP contribution in [0.1, 0.15) is 48.7 Å². The predicted molar refractivity (Wildman–Crippen MR) is 111 cm³/mol. The number of rotatable bonds is 8. The summed E-state index contributed by atoms with van der Waals surface area (Å²) in [5, 5.41) is 11.2. The molecule has 0 aromatic carbocycles. The minimum Gasteiger partial charge on any atom is -0.465 e. The third-order valence-corrected chi connectivity index (χ3v) is 5.61. The van der Waals surface area contributed by atoms with Crippen LogP contribution in [0.3, 0.4) is 0 Å². The molecule has 1 amide bonds. The van der Waals surface area contributed by atoms with Crippen LogP contribution in [0, 0.1) is 5.95 Å². The molecule has 30 heavy (non-hydrogen) atoms. The van der Waals surface area contributed by atoms with Crippen LogP contribution in [0.4, 0.5) is 9.18 Å². The van der Waals surface area contributed by atoms with Gasteiger partial charge in [0.1, 0.15) is 5.65 Å². The van der Waals surface area contributed by atoms with E-state index < -0.39 is 6.09 Å². The highest BCUT2D eigenvalue weighted by Gasteiger charge is 2.27. The number of aryl methyl sites for hydroxylation is 1. The lowest BCUT2D eigenvalue weighted by atomic mass is 9.90. The molecule has 3 aromatic rings. The molecule has 0 bridgehead atoms. The molecule has 1 aliphatic rings. The predicted octanol–water partition coefficient (Wildman–Crippen LogP) is 3.80. The number of nitrogens with one attached hydrogen (secondary N) is 1. The summed E-state index contributed by atoms with van der Waals surface area (Å²) in [6.07, 6.45) is 7.35. The summed E-state index contributed by atoms with van der Waals surface area (Å²) >= 11 is 0. The van der Waals surface area contributed by atoms with Gasteiger partial charge >= 0.3 is 6.09 Å². The largest absolute Gasteiger partial charge is 0.465 e.